The van der Waals surface area contributed by atoms with E-state index in [2.05, 4.69) is 33.9 Å². The zero-order valence-electron chi connectivity index (χ0n) is 16.2. The van der Waals surface area contributed by atoms with Crippen molar-refractivity contribution in [3.8, 4) is 11.9 Å². The summed E-state index contributed by atoms with van der Waals surface area (Å²) in [5.74, 6) is 0.249. The summed E-state index contributed by atoms with van der Waals surface area (Å²) in [4.78, 5) is 28.3. The van der Waals surface area contributed by atoms with Crippen LogP contribution in [0.2, 0.25) is 0 Å². The van der Waals surface area contributed by atoms with Gasteiger partial charge >= 0.3 is 6.01 Å². The van der Waals surface area contributed by atoms with Crippen LogP contribution in [0.3, 0.4) is 0 Å². The zero-order valence-corrected chi connectivity index (χ0v) is 16.2. The Kier molecular flexibility index (Phi) is 5.62. The lowest BCUT2D eigenvalue weighted by atomic mass is 9.85. The molecule has 2 saturated heterocycles. The molecule has 2 fully saturated rings. The molecule has 2 aliphatic rings. The molecule has 1 amide bonds. The van der Waals surface area contributed by atoms with Crippen molar-refractivity contribution in [2.45, 2.75) is 24.8 Å². The summed E-state index contributed by atoms with van der Waals surface area (Å²) in [5.41, 5.74) is 0.362. The third kappa shape index (κ3) is 3.76. The van der Waals surface area contributed by atoms with E-state index in [1.54, 1.807) is 6.07 Å². The first-order chi connectivity index (χ1) is 12.5. The minimum absolute atomic E-state index is 0.0415. The molecule has 0 bridgehead atoms. The van der Waals surface area contributed by atoms with Gasteiger partial charge in [0.15, 0.2) is 0 Å². The number of carbonyl (C=O) groups is 1. The van der Waals surface area contributed by atoms with Crippen LogP contribution in [-0.2, 0) is 0 Å². The molecule has 1 aromatic heterocycles. The van der Waals surface area contributed by atoms with Crippen LogP contribution in [0.4, 0.5) is 0 Å². The van der Waals surface area contributed by atoms with E-state index in [1.165, 1.54) is 14.2 Å². The van der Waals surface area contributed by atoms with Gasteiger partial charge in [-0.1, -0.05) is 0 Å². The van der Waals surface area contributed by atoms with Crippen LogP contribution in [0.25, 0.3) is 0 Å². The largest absolute Gasteiger partial charge is 0.481 e. The second kappa shape index (κ2) is 7.75. The fourth-order valence-electron chi connectivity index (χ4n) is 3.91. The maximum Gasteiger partial charge on any atom is 0.320 e. The third-order valence-electron chi connectivity index (χ3n) is 5.71. The van der Waals surface area contributed by atoms with Gasteiger partial charge in [-0.2, -0.15) is 9.97 Å². The number of likely N-dealkylation sites (N-methyl/N-ethyl adjacent to an activating group) is 1. The maximum atomic E-state index is 13.2. The van der Waals surface area contributed by atoms with Crippen LogP contribution in [0.5, 0.6) is 11.9 Å². The molecule has 0 saturated carbocycles. The van der Waals surface area contributed by atoms with Crippen molar-refractivity contribution in [2.24, 2.45) is 0 Å². The van der Waals surface area contributed by atoms with Crippen LogP contribution in [0.1, 0.15) is 29.8 Å². The van der Waals surface area contributed by atoms with Gasteiger partial charge < -0.3 is 19.3 Å². The summed E-state index contributed by atoms with van der Waals surface area (Å²) in [6.07, 6.45) is 3.10. The number of ether oxygens (including phenoxy) is 2. The van der Waals surface area contributed by atoms with Gasteiger partial charge in [-0.05, 0) is 46.4 Å². The van der Waals surface area contributed by atoms with Crippen LogP contribution < -0.4 is 9.47 Å². The minimum atomic E-state index is -0.0856. The topological polar surface area (TPSA) is 71.0 Å². The summed E-state index contributed by atoms with van der Waals surface area (Å²) in [5, 5.41) is 0. The number of hydrogen-bond acceptors (Lipinski definition) is 7. The van der Waals surface area contributed by atoms with Crippen molar-refractivity contribution in [1.29, 1.82) is 0 Å². The molecule has 0 unspecified atom stereocenters. The van der Waals surface area contributed by atoms with E-state index in [-0.39, 0.29) is 17.5 Å². The smallest absolute Gasteiger partial charge is 0.320 e. The lowest BCUT2D eigenvalue weighted by molar-refractivity contribution is 0.0314. The van der Waals surface area contributed by atoms with Crippen molar-refractivity contribution in [3.63, 3.8) is 0 Å². The van der Waals surface area contributed by atoms with Gasteiger partial charge in [0, 0.05) is 31.2 Å². The molecular weight excluding hydrogens is 334 g/mol. The number of aromatic nitrogens is 2. The van der Waals surface area contributed by atoms with Gasteiger partial charge in [0.2, 0.25) is 5.88 Å². The first-order valence-corrected chi connectivity index (χ1v) is 9.13. The highest BCUT2D eigenvalue weighted by atomic mass is 16.5. The van der Waals surface area contributed by atoms with E-state index in [0.717, 1.165) is 52.0 Å². The number of piperidine rings is 1. The summed E-state index contributed by atoms with van der Waals surface area (Å²) in [7, 11) is 7.35. The Hall–Kier alpha value is -1.93. The standard InChI is InChI=1S/C18H29N5O3/c1-21-10-6-18(7-11-21)13-23(9-5-8-22(18)2)16(24)14-12-15(25-3)20-17(19-14)26-4/h12H,5-11,13H2,1-4H3. The number of likely N-dealkylation sites (tertiary alicyclic amines) is 1. The number of amides is 1. The predicted octanol–water partition coefficient (Wildman–Crippen LogP) is 0.736. The highest BCUT2D eigenvalue weighted by Crippen LogP contribution is 2.31. The number of carbonyl (C=O) groups excluding carboxylic acids is 1. The van der Waals surface area contributed by atoms with Crippen molar-refractivity contribution in [3.05, 3.63) is 11.8 Å². The van der Waals surface area contributed by atoms with E-state index in [4.69, 9.17) is 9.47 Å². The van der Waals surface area contributed by atoms with Gasteiger partial charge in [-0.15, -0.1) is 0 Å². The SMILES string of the molecule is COc1cc(C(=O)N2CCCN(C)C3(CCN(C)CC3)C2)nc(OC)n1. The predicted molar refractivity (Wildman–Crippen MR) is 97.7 cm³/mol. The zero-order chi connectivity index (χ0) is 18.7. The van der Waals surface area contributed by atoms with E-state index in [0.29, 0.717) is 11.6 Å². The molecule has 1 aromatic rings. The molecule has 8 nitrogen and oxygen atoms in total. The van der Waals surface area contributed by atoms with E-state index >= 15 is 0 Å². The Labute approximate surface area is 155 Å². The van der Waals surface area contributed by atoms with Crippen LogP contribution in [0, 0.1) is 0 Å². The Morgan fingerprint density at radius 3 is 2.46 bits per heavy atom. The number of hydrogen-bond donors (Lipinski definition) is 0. The normalized spacial score (nSPS) is 21.5. The van der Waals surface area contributed by atoms with Crippen LogP contribution in [0.15, 0.2) is 6.07 Å². The summed E-state index contributed by atoms with van der Waals surface area (Å²) in [6, 6.07) is 1.73. The maximum absolute atomic E-state index is 13.2. The minimum Gasteiger partial charge on any atom is -0.481 e. The Morgan fingerprint density at radius 2 is 1.81 bits per heavy atom. The highest BCUT2D eigenvalue weighted by Gasteiger charge is 2.41. The fourth-order valence-corrected chi connectivity index (χ4v) is 3.91. The average molecular weight is 363 g/mol. The molecule has 0 aromatic carbocycles. The second-order valence-corrected chi connectivity index (χ2v) is 7.31. The molecule has 8 heteroatoms. The lowest BCUT2D eigenvalue weighted by Gasteiger charge is -2.47. The second-order valence-electron chi connectivity index (χ2n) is 7.31. The van der Waals surface area contributed by atoms with Gasteiger partial charge in [0.1, 0.15) is 5.69 Å². The highest BCUT2D eigenvalue weighted by molar-refractivity contribution is 5.92. The Bertz CT molecular complexity index is 623. The first-order valence-electron chi connectivity index (χ1n) is 9.13. The number of rotatable bonds is 3. The van der Waals surface area contributed by atoms with Crippen LogP contribution >= 0.6 is 0 Å². The quantitative estimate of drug-likeness (QED) is 0.784. The molecule has 0 radical (unpaired) electrons. The first kappa shape index (κ1) is 18.8. The third-order valence-corrected chi connectivity index (χ3v) is 5.71. The number of nitrogens with zero attached hydrogens (tertiary/aromatic N) is 5. The molecular formula is C18H29N5O3. The fraction of sp³-hybridized carbons (Fsp3) is 0.722. The summed E-state index contributed by atoms with van der Waals surface area (Å²) < 4.78 is 10.3. The summed E-state index contributed by atoms with van der Waals surface area (Å²) >= 11 is 0. The van der Waals surface area contributed by atoms with Crippen molar-refractivity contribution in [2.75, 3.05) is 61.0 Å². The average Bonchev–Trinajstić information content (AvgIpc) is 2.82. The lowest BCUT2D eigenvalue weighted by Crippen LogP contribution is -2.58. The molecule has 3 heterocycles. The molecule has 26 heavy (non-hydrogen) atoms. The monoisotopic (exact) mass is 363 g/mol. The Morgan fingerprint density at radius 1 is 1.08 bits per heavy atom. The molecule has 144 valence electrons. The van der Waals surface area contributed by atoms with E-state index < -0.39 is 0 Å². The molecule has 0 atom stereocenters. The van der Waals surface area contributed by atoms with Gasteiger partial charge in [-0.25, -0.2) is 0 Å². The summed E-state index contributed by atoms with van der Waals surface area (Å²) in [6.45, 7) is 4.58. The van der Waals surface area contributed by atoms with E-state index in [9.17, 15) is 4.79 Å². The molecule has 3 rings (SSSR count). The van der Waals surface area contributed by atoms with Crippen LogP contribution in [-0.4, -0.2) is 97.2 Å². The number of methoxy groups -OCH3 is 2. The van der Waals surface area contributed by atoms with E-state index in [1.807, 2.05) is 4.90 Å². The molecule has 1 spiro atoms. The van der Waals surface area contributed by atoms with Crippen molar-refractivity contribution < 1.29 is 14.3 Å². The van der Waals surface area contributed by atoms with Gasteiger partial charge in [0.05, 0.1) is 14.2 Å². The van der Waals surface area contributed by atoms with Gasteiger partial charge in [-0.3, -0.25) is 9.69 Å². The Balaban J connectivity index is 1.84. The van der Waals surface area contributed by atoms with Crippen molar-refractivity contribution in [1.82, 2.24) is 24.7 Å². The molecule has 2 aliphatic heterocycles. The molecule has 0 aliphatic carbocycles. The van der Waals surface area contributed by atoms with Gasteiger partial charge in [0.25, 0.3) is 5.91 Å². The van der Waals surface area contributed by atoms with Crippen molar-refractivity contribution >= 4 is 5.91 Å². The molecule has 0 N–H and O–H groups in total.